The summed E-state index contributed by atoms with van der Waals surface area (Å²) in [6.07, 6.45) is -2.19. The topological polar surface area (TPSA) is 89.9 Å². The van der Waals surface area contributed by atoms with E-state index in [9.17, 15) is 35.9 Å². The van der Waals surface area contributed by atoms with E-state index in [0.717, 1.165) is 18.2 Å². The highest BCUT2D eigenvalue weighted by Gasteiger charge is 2.50. The van der Waals surface area contributed by atoms with Crippen LogP contribution in [0.2, 0.25) is 0 Å². The van der Waals surface area contributed by atoms with Crippen LogP contribution in [0.4, 0.5) is 17.6 Å². The molecule has 0 amide bonds. The van der Waals surface area contributed by atoms with Crippen molar-refractivity contribution in [3.05, 3.63) is 51.7 Å². The highest BCUT2D eigenvalue weighted by molar-refractivity contribution is 9.10. The molecule has 0 heterocycles. The molecule has 0 spiro atoms. The Hall–Kier alpha value is -2.18. The highest BCUT2D eigenvalue weighted by atomic mass is 79.9. The van der Waals surface area contributed by atoms with Crippen LogP contribution in [-0.2, 0) is 19.4 Å². The third kappa shape index (κ3) is 5.55. The summed E-state index contributed by atoms with van der Waals surface area (Å²) in [5.74, 6) is -2.41. The van der Waals surface area contributed by atoms with E-state index < -0.39 is 55.2 Å². The molecule has 0 bridgehead atoms. The van der Waals surface area contributed by atoms with Crippen molar-refractivity contribution in [2.75, 3.05) is 0 Å². The minimum atomic E-state index is -5.82. The zero-order valence-electron chi connectivity index (χ0n) is 18.2. The fraction of sp³-hybridized carbons (Fsp3) is 0.409. The first-order valence-electron chi connectivity index (χ1n) is 10.0. The minimum Gasteiger partial charge on any atom is -0.460 e. The molecule has 2 aromatic rings. The van der Waals surface area contributed by atoms with Crippen LogP contribution in [0.1, 0.15) is 56.8 Å². The van der Waals surface area contributed by atoms with Gasteiger partial charge in [-0.25, -0.2) is 12.8 Å². The van der Waals surface area contributed by atoms with Crippen LogP contribution in [0, 0.1) is 5.82 Å². The number of esters is 1. The van der Waals surface area contributed by atoms with E-state index in [-0.39, 0.29) is 29.9 Å². The molecule has 0 unspecified atom stereocenters. The summed E-state index contributed by atoms with van der Waals surface area (Å²) < 4.78 is 89.5. The standard InChI is InChI=1S/C22H21BrF4O6S/c1-21(2,3)33-18(29)7-11-6-15(28)20-17(34(30,31)22(25,26)27)5-4-16(19(11)20)32-14-9-12(23)8-13(24)10-14/h4-5,8-11,15,28H,6-7H2,1-3H3/t11-,15-/m1/s1. The van der Waals surface area contributed by atoms with E-state index >= 15 is 0 Å². The lowest BCUT2D eigenvalue weighted by atomic mass is 9.96. The third-order valence-corrected chi connectivity index (χ3v) is 6.95. The molecule has 6 nitrogen and oxygen atoms in total. The molecular weight excluding hydrogens is 548 g/mol. The summed E-state index contributed by atoms with van der Waals surface area (Å²) in [5, 5.41) is 10.6. The molecule has 1 N–H and O–H groups in total. The van der Waals surface area contributed by atoms with Gasteiger partial charge in [0.25, 0.3) is 9.84 Å². The predicted octanol–water partition coefficient (Wildman–Crippen LogP) is 5.93. The van der Waals surface area contributed by atoms with Crippen LogP contribution >= 0.6 is 15.9 Å². The van der Waals surface area contributed by atoms with Gasteiger partial charge in [-0.15, -0.1) is 0 Å². The number of fused-ring (bicyclic) bond motifs is 1. The quantitative estimate of drug-likeness (QED) is 0.355. The first-order chi connectivity index (χ1) is 15.5. The molecule has 186 valence electrons. The highest BCUT2D eigenvalue weighted by Crippen LogP contribution is 2.51. The summed E-state index contributed by atoms with van der Waals surface area (Å²) in [5.41, 5.74) is -7.03. The Balaban J connectivity index is 2.15. The van der Waals surface area contributed by atoms with Crippen molar-refractivity contribution >= 4 is 31.7 Å². The molecule has 1 aliphatic rings. The minimum absolute atomic E-state index is 0.0297. The average molecular weight is 569 g/mol. The number of carbonyl (C=O) groups is 1. The lowest BCUT2D eigenvalue weighted by molar-refractivity contribution is -0.155. The number of halogens is 5. The summed E-state index contributed by atoms with van der Waals surface area (Å²) >= 11 is 3.10. The smallest absolute Gasteiger partial charge is 0.460 e. The van der Waals surface area contributed by atoms with Gasteiger partial charge in [0, 0.05) is 27.6 Å². The van der Waals surface area contributed by atoms with Crippen molar-refractivity contribution in [2.45, 2.75) is 61.6 Å². The molecule has 2 aromatic carbocycles. The number of rotatable bonds is 5. The van der Waals surface area contributed by atoms with Gasteiger partial charge in [-0.3, -0.25) is 4.79 Å². The number of hydrogen-bond acceptors (Lipinski definition) is 6. The first-order valence-corrected chi connectivity index (χ1v) is 12.3. The number of sulfone groups is 1. The van der Waals surface area contributed by atoms with Gasteiger partial charge in [-0.05, 0) is 51.5 Å². The molecule has 3 rings (SSSR count). The van der Waals surface area contributed by atoms with Gasteiger partial charge < -0.3 is 14.6 Å². The lowest BCUT2D eigenvalue weighted by Gasteiger charge is -2.22. The molecule has 0 radical (unpaired) electrons. The van der Waals surface area contributed by atoms with Crippen LogP contribution in [0.25, 0.3) is 0 Å². The van der Waals surface area contributed by atoms with Crippen LogP contribution in [0.3, 0.4) is 0 Å². The van der Waals surface area contributed by atoms with E-state index in [2.05, 4.69) is 15.9 Å². The molecule has 2 atom stereocenters. The third-order valence-electron chi connectivity index (χ3n) is 4.95. The Bertz CT molecular complexity index is 1200. The Labute approximate surface area is 201 Å². The molecule has 0 saturated heterocycles. The van der Waals surface area contributed by atoms with E-state index in [4.69, 9.17) is 9.47 Å². The number of benzene rings is 2. The SMILES string of the molecule is CC(C)(C)OC(=O)C[C@H]1C[C@@H](O)c2c(S(=O)(=O)C(F)(F)F)ccc(Oc3cc(F)cc(Br)c3)c21. The molecule has 12 heteroatoms. The van der Waals surface area contributed by atoms with Crippen LogP contribution in [0.5, 0.6) is 11.5 Å². The Morgan fingerprint density at radius 3 is 2.35 bits per heavy atom. The summed E-state index contributed by atoms with van der Waals surface area (Å²) in [6, 6.07) is 5.25. The van der Waals surface area contributed by atoms with E-state index in [1.807, 2.05) is 0 Å². The summed E-state index contributed by atoms with van der Waals surface area (Å²) in [7, 11) is -5.82. The molecule has 0 aromatic heterocycles. The van der Waals surface area contributed by atoms with Crippen molar-refractivity contribution < 1.29 is 45.4 Å². The Kier molecular flexibility index (Phi) is 7.09. The number of hydrogen-bond donors (Lipinski definition) is 1. The largest absolute Gasteiger partial charge is 0.501 e. The summed E-state index contributed by atoms with van der Waals surface area (Å²) in [4.78, 5) is 11.3. The zero-order chi connectivity index (χ0) is 25.6. The van der Waals surface area contributed by atoms with Crippen molar-refractivity contribution in [1.29, 1.82) is 0 Å². The second-order valence-corrected chi connectivity index (χ2v) is 11.6. The van der Waals surface area contributed by atoms with Crippen LogP contribution < -0.4 is 4.74 Å². The molecule has 0 aliphatic heterocycles. The van der Waals surface area contributed by atoms with Gasteiger partial charge >= 0.3 is 11.5 Å². The van der Waals surface area contributed by atoms with Gasteiger partial charge in [-0.1, -0.05) is 15.9 Å². The van der Waals surface area contributed by atoms with E-state index in [1.54, 1.807) is 20.8 Å². The second kappa shape index (κ2) is 9.12. The van der Waals surface area contributed by atoms with Crippen molar-refractivity contribution in [1.82, 2.24) is 0 Å². The van der Waals surface area contributed by atoms with Gasteiger partial charge in [0.15, 0.2) is 0 Å². The molecule has 0 saturated carbocycles. The maximum atomic E-state index is 13.8. The predicted molar refractivity (Wildman–Crippen MR) is 117 cm³/mol. The Morgan fingerprint density at radius 2 is 1.79 bits per heavy atom. The van der Waals surface area contributed by atoms with Gasteiger partial charge in [0.1, 0.15) is 22.9 Å². The van der Waals surface area contributed by atoms with E-state index in [1.165, 1.54) is 6.07 Å². The molecule has 34 heavy (non-hydrogen) atoms. The molecule has 0 fully saturated rings. The fourth-order valence-corrected chi connectivity index (χ4v) is 5.27. The van der Waals surface area contributed by atoms with Gasteiger partial charge in [-0.2, -0.15) is 13.2 Å². The lowest BCUT2D eigenvalue weighted by Crippen LogP contribution is -2.25. The van der Waals surface area contributed by atoms with Gasteiger partial charge in [0.2, 0.25) is 0 Å². The van der Waals surface area contributed by atoms with Gasteiger partial charge in [0.05, 0.1) is 17.4 Å². The van der Waals surface area contributed by atoms with Crippen LogP contribution in [-0.4, -0.2) is 30.6 Å². The number of carbonyl (C=O) groups excluding carboxylic acids is 1. The second-order valence-electron chi connectivity index (χ2n) is 8.78. The molecular formula is C22H21BrF4O6S. The number of aliphatic hydroxyl groups excluding tert-OH is 1. The monoisotopic (exact) mass is 568 g/mol. The normalized spacial score (nSPS) is 18.5. The van der Waals surface area contributed by atoms with E-state index in [0.29, 0.717) is 10.5 Å². The maximum absolute atomic E-state index is 13.8. The number of ether oxygens (including phenoxy) is 2. The first kappa shape index (κ1) is 26.4. The van der Waals surface area contributed by atoms with Crippen molar-refractivity contribution in [3.8, 4) is 11.5 Å². The van der Waals surface area contributed by atoms with Crippen LogP contribution in [0.15, 0.2) is 39.7 Å². The number of alkyl halides is 3. The summed E-state index contributed by atoms with van der Waals surface area (Å²) in [6.45, 7) is 4.89. The number of aliphatic hydroxyl groups is 1. The van der Waals surface area contributed by atoms with Crippen molar-refractivity contribution in [3.63, 3.8) is 0 Å². The maximum Gasteiger partial charge on any atom is 0.501 e. The zero-order valence-corrected chi connectivity index (χ0v) is 20.6. The Morgan fingerprint density at radius 1 is 1.15 bits per heavy atom. The van der Waals surface area contributed by atoms with Crippen molar-refractivity contribution in [2.24, 2.45) is 0 Å². The fourth-order valence-electron chi connectivity index (χ4n) is 3.80. The average Bonchev–Trinajstić information content (AvgIpc) is 2.95. The molecule has 1 aliphatic carbocycles.